The van der Waals surface area contributed by atoms with E-state index in [1.54, 1.807) is 19.1 Å². The van der Waals surface area contributed by atoms with Gasteiger partial charge in [0.2, 0.25) is 0 Å². The van der Waals surface area contributed by atoms with Crippen molar-refractivity contribution in [1.29, 1.82) is 0 Å². The van der Waals surface area contributed by atoms with Crippen LogP contribution in [0.25, 0.3) is 0 Å². The van der Waals surface area contributed by atoms with Crippen LogP contribution in [0, 0.1) is 0 Å². The Morgan fingerprint density at radius 3 is 2.50 bits per heavy atom. The summed E-state index contributed by atoms with van der Waals surface area (Å²) in [5.41, 5.74) is 0.705. The van der Waals surface area contributed by atoms with E-state index >= 15 is 0 Å². The summed E-state index contributed by atoms with van der Waals surface area (Å²) in [6.45, 7) is 4.02. The Hall–Kier alpha value is -0.870. The van der Waals surface area contributed by atoms with Crippen LogP contribution in [-0.2, 0) is 9.53 Å². The molecule has 0 radical (unpaired) electrons. The first-order valence-electron chi connectivity index (χ1n) is 6.15. The van der Waals surface area contributed by atoms with Gasteiger partial charge in [-0.25, -0.2) is 0 Å². The summed E-state index contributed by atoms with van der Waals surface area (Å²) in [7, 11) is 0. The normalized spacial score (nSPS) is 15.8. The standard InChI is InChI=1S/C14H19BrO3/c1-3-10-14(15,13(17)18-4-2)12(16)11-8-6-5-7-9-11/h5-9,12,16H,3-4,10H2,1-2H3/t12?,14-/m1/s1. The van der Waals surface area contributed by atoms with Crippen molar-refractivity contribution in [3.8, 4) is 0 Å². The molecule has 0 bridgehead atoms. The number of halogens is 1. The van der Waals surface area contributed by atoms with Crippen molar-refractivity contribution >= 4 is 21.9 Å². The molecule has 1 rings (SSSR count). The lowest BCUT2D eigenvalue weighted by Crippen LogP contribution is -2.40. The lowest BCUT2D eigenvalue weighted by molar-refractivity contribution is -0.149. The first kappa shape index (κ1) is 15.2. The molecular formula is C14H19BrO3. The Morgan fingerprint density at radius 1 is 1.39 bits per heavy atom. The minimum atomic E-state index is -1.07. The first-order chi connectivity index (χ1) is 8.56. The topological polar surface area (TPSA) is 46.5 Å². The molecule has 0 spiro atoms. The third-order valence-corrected chi connectivity index (χ3v) is 3.93. The summed E-state index contributed by atoms with van der Waals surface area (Å²) in [4.78, 5) is 12.0. The maximum Gasteiger partial charge on any atom is 0.325 e. The van der Waals surface area contributed by atoms with E-state index in [9.17, 15) is 9.90 Å². The Bertz CT molecular complexity index is 380. The average Bonchev–Trinajstić information content (AvgIpc) is 2.39. The molecule has 0 amide bonds. The zero-order chi connectivity index (χ0) is 13.6. The van der Waals surface area contributed by atoms with Crippen LogP contribution in [0.2, 0.25) is 0 Å². The summed E-state index contributed by atoms with van der Waals surface area (Å²) in [5.74, 6) is -0.414. The van der Waals surface area contributed by atoms with E-state index in [1.807, 2.05) is 25.1 Å². The molecule has 4 heteroatoms. The van der Waals surface area contributed by atoms with Crippen LogP contribution in [-0.4, -0.2) is 22.0 Å². The Morgan fingerprint density at radius 2 is 2.00 bits per heavy atom. The van der Waals surface area contributed by atoms with Gasteiger partial charge in [0.25, 0.3) is 0 Å². The number of ether oxygens (including phenoxy) is 1. The molecule has 1 unspecified atom stereocenters. The number of carbonyl (C=O) groups is 1. The van der Waals surface area contributed by atoms with Gasteiger partial charge in [0.15, 0.2) is 4.32 Å². The second kappa shape index (κ2) is 6.90. The van der Waals surface area contributed by atoms with Crippen molar-refractivity contribution in [2.45, 2.75) is 37.1 Å². The van der Waals surface area contributed by atoms with Crippen molar-refractivity contribution in [2.24, 2.45) is 0 Å². The number of carbonyl (C=O) groups excluding carboxylic acids is 1. The van der Waals surface area contributed by atoms with E-state index in [4.69, 9.17) is 4.74 Å². The molecule has 0 aliphatic rings. The summed E-state index contributed by atoms with van der Waals surface area (Å²) in [6, 6.07) is 9.15. The summed E-state index contributed by atoms with van der Waals surface area (Å²) < 4.78 is 3.99. The van der Waals surface area contributed by atoms with Crippen LogP contribution >= 0.6 is 15.9 Å². The molecule has 0 heterocycles. The average molecular weight is 315 g/mol. The summed E-state index contributed by atoms with van der Waals surface area (Å²) in [6.07, 6.45) is 0.369. The van der Waals surface area contributed by atoms with Crippen molar-refractivity contribution in [3.05, 3.63) is 35.9 Å². The van der Waals surface area contributed by atoms with E-state index in [0.29, 0.717) is 18.6 Å². The van der Waals surface area contributed by atoms with Gasteiger partial charge in [-0.15, -0.1) is 0 Å². The second-order valence-electron chi connectivity index (χ2n) is 4.15. The second-order valence-corrected chi connectivity index (χ2v) is 5.56. The lowest BCUT2D eigenvalue weighted by atomic mass is 9.91. The van der Waals surface area contributed by atoms with Gasteiger partial charge in [-0.3, -0.25) is 4.79 Å². The molecule has 2 atom stereocenters. The highest BCUT2D eigenvalue weighted by Gasteiger charge is 2.44. The minimum absolute atomic E-state index is 0.303. The number of hydrogen-bond acceptors (Lipinski definition) is 3. The van der Waals surface area contributed by atoms with Gasteiger partial charge < -0.3 is 9.84 Å². The van der Waals surface area contributed by atoms with Crippen LogP contribution in [0.5, 0.6) is 0 Å². The molecule has 3 nitrogen and oxygen atoms in total. The fourth-order valence-corrected chi connectivity index (χ4v) is 2.64. The summed E-state index contributed by atoms with van der Waals surface area (Å²) in [5, 5.41) is 10.4. The molecule has 1 aromatic rings. The first-order valence-corrected chi connectivity index (χ1v) is 6.94. The van der Waals surface area contributed by atoms with Gasteiger partial charge in [0, 0.05) is 0 Å². The third kappa shape index (κ3) is 3.33. The highest BCUT2D eigenvalue weighted by atomic mass is 79.9. The van der Waals surface area contributed by atoms with E-state index in [-0.39, 0.29) is 0 Å². The van der Waals surface area contributed by atoms with E-state index in [0.717, 1.165) is 6.42 Å². The molecule has 0 aliphatic carbocycles. The number of aliphatic hydroxyl groups excluding tert-OH is 1. The molecule has 1 N–H and O–H groups in total. The fraction of sp³-hybridized carbons (Fsp3) is 0.500. The van der Waals surface area contributed by atoms with Gasteiger partial charge in [-0.05, 0) is 18.9 Å². The van der Waals surface area contributed by atoms with Crippen LogP contribution < -0.4 is 0 Å². The van der Waals surface area contributed by atoms with Gasteiger partial charge in [-0.2, -0.15) is 0 Å². The highest BCUT2D eigenvalue weighted by Crippen LogP contribution is 2.39. The predicted molar refractivity (Wildman–Crippen MR) is 74.6 cm³/mol. The predicted octanol–water partition coefficient (Wildman–Crippen LogP) is 3.22. The number of aliphatic hydroxyl groups is 1. The number of rotatable bonds is 6. The molecule has 0 aromatic heterocycles. The number of esters is 1. The van der Waals surface area contributed by atoms with Gasteiger partial charge in [0.1, 0.15) is 6.10 Å². The summed E-state index contributed by atoms with van der Waals surface area (Å²) >= 11 is 3.39. The van der Waals surface area contributed by atoms with E-state index in [2.05, 4.69) is 15.9 Å². The van der Waals surface area contributed by atoms with Crippen molar-refractivity contribution in [2.75, 3.05) is 6.61 Å². The Kier molecular flexibility index (Phi) is 5.82. The smallest absolute Gasteiger partial charge is 0.325 e. The quantitative estimate of drug-likeness (QED) is 0.648. The number of benzene rings is 1. The lowest BCUT2D eigenvalue weighted by Gasteiger charge is -2.30. The van der Waals surface area contributed by atoms with Gasteiger partial charge in [0.05, 0.1) is 6.61 Å². The molecule has 0 saturated carbocycles. The third-order valence-electron chi connectivity index (χ3n) is 2.78. The zero-order valence-corrected chi connectivity index (χ0v) is 12.3. The largest absolute Gasteiger partial charge is 0.465 e. The van der Waals surface area contributed by atoms with Crippen molar-refractivity contribution in [3.63, 3.8) is 0 Å². The van der Waals surface area contributed by atoms with Crippen molar-refractivity contribution < 1.29 is 14.6 Å². The highest BCUT2D eigenvalue weighted by molar-refractivity contribution is 9.10. The van der Waals surface area contributed by atoms with Crippen molar-refractivity contribution in [1.82, 2.24) is 0 Å². The number of alkyl halides is 1. The van der Waals surface area contributed by atoms with Crippen LogP contribution in [0.3, 0.4) is 0 Å². The molecule has 100 valence electrons. The molecular weight excluding hydrogens is 296 g/mol. The zero-order valence-electron chi connectivity index (χ0n) is 10.7. The molecule has 0 fully saturated rings. The molecule has 1 aromatic carbocycles. The number of hydrogen-bond donors (Lipinski definition) is 1. The Balaban J connectivity index is 3.00. The van der Waals surface area contributed by atoms with E-state index < -0.39 is 16.4 Å². The maximum absolute atomic E-state index is 12.0. The van der Waals surface area contributed by atoms with Gasteiger partial charge >= 0.3 is 5.97 Å². The molecule has 0 aliphatic heterocycles. The van der Waals surface area contributed by atoms with Gasteiger partial charge in [-0.1, -0.05) is 59.6 Å². The van der Waals surface area contributed by atoms with E-state index in [1.165, 1.54) is 0 Å². The molecule has 18 heavy (non-hydrogen) atoms. The Labute approximate surface area is 116 Å². The van der Waals surface area contributed by atoms with Crippen LogP contribution in [0.4, 0.5) is 0 Å². The maximum atomic E-state index is 12.0. The fourth-order valence-electron chi connectivity index (χ4n) is 1.86. The monoisotopic (exact) mass is 314 g/mol. The molecule has 0 saturated heterocycles. The van der Waals surface area contributed by atoms with Crippen LogP contribution in [0.15, 0.2) is 30.3 Å². The van der Waals surface area contributed by atoms with Crippen LogP contribution in [0.1, 0.15) is 38.4 Å². The minimum Gasteiger partial charge on any atom is -0.465 e. The SMILES string of the molecule is CCC[C@](Br)(C(=O)OCC)C(O)c1ccccc1.